The average Bonchev–Trinajstić information content (AvgIpc) is 2.32. The van der Waals surface area contributed by atoms with Crippen LogP contribution in [-0.2, 0) is 6.61 Å². The highest BCUT2D eigenvalue weighted by molar-refractivity contribution is 6.29. The largest absolute Gasteiger partial charge is 0.487 e. The highest BCUT2D eigenvalue weighted by Crippen LogP contribution is 2.20. The van der Waals surface area contributed by atoms with Gasteiger partial charge < -0.3 is 4.74 Å². The van der Waals surface area contributed by atoms with E-state index in [2.05, 4.69) is 16.0 Å². The molecule has 2 rings (SSSR count). The van der Waals surface area contributed by atoms with Crippen LogP contribution in [0.4, 0.5) is 0 Å². The third-order valence-corrected chi connectivity index (χ3v) is 2.59. The Balaban J connectivity index is 2.07. The van der Waals surface area contributed by atoms with E-state index in [0.29, 0.717) is 11.8 Å². The van der Waals surface area contributed by atoms with Crippen LogP contribution in [0.15, 0.2) is 30.6 Å². The lowest BCUT2D eigenvalue weighted by atomic mass is 10.1. The van der Waals surface area contributed by atoms with Crippen molar-refractivity contribution in [1.29, 1.82) is 0 Å². The van der Waals surface area contributed by atoms with Crippen molar-refractivity contribution in [3.05, 3.63) is 52.6 Å². The van der Waals surface area contributed by atoms with Gasteiger partial charge in [-0.3, -0.25) is 4.98 Å². The molecule has 17 heavy (non-hydrogen) atoms. The molecule has 1 aromatic heterocycles. The van der Waals surface area contributed by atoms with E-state index in [9.17, 15) is 0 Å². The molecule has 1 aromatic carbocycles. The van der Waals surface area contributed by atoms with Crippen molar-refractivity contribution in [3.63, 3.8) is 0 Å². The van der Waals surface area contributed by atoms with Gasteiger partial charge in [0.1, 0.15) is 17.5 Å². The molecule has 0 bridgehead atoms. The second-order valence-electron chi connectivity index (χ2n) is 3.89. The Morgan fingerprint density at radius 1 is 1.18 bits per heavy atom. The van der Waals surface area contributed by atoms with E-state index in [-0.39, 0.29) is 0 Å². The van der Waals surface area contributed by atoms with Crippen molar-refractivity contribution < 1.29 is 4.74 Å². The van der Waals surface area contributed by atoms with Gasteiger partial charge in [0.25, 0.3) is 0 Å². The standard InChI is InChI=1S/C13H13ClN2O/c1-9-3-4-10(2)12(5-9)17-8-11-6-16-13(14)7-15-11/h3-7H,8H2,1-2H3. The van der Waals surface area contributed by atoms with Gasteiger partial charge in [0, 0.05) is 0 Å². The fraction of sp³-hybridized carbons (Fsp3) is 0.231. The van der Waals surface area contributed by atoms with E-state index >= 15 is 0 Å². The number of nitrogens with zero attached hydrogens (tertiary/aromatic N) is 2. The van der Waals surface area contributed by atoms with E-state index in [0.717, 1.165) is 17.0 Å². The van der Waals surface area contributed by atoms with Crippen molar-refractivity contribution in [2.75, 3.05) is 0 Å². The molecule has 0 spiro atoms. The zero-order valence-corrected chi connectivity index (χ0v) is 10.5. The smallest absolute Gasteiger partial charge is 0.147 e. The maximum Gasteiger partial charge on any atom is 0.147 e. The van der Waals surface area contributed by atoms with Gasteiger partial charge >= 0.3 is 0 Å². The Hall–Kier alpha value is -1.61. The van der Waals surface area contributed by atoms with E-state index in [4.69, 9.17) is 16.3 Å². The number of aromatic nitrogens is 2. The van der Waals surface area contributed by atoms with E-state index in [1.165, 1.54) is 11.8 Å². The lowest BCUT2D eigenvalue weighted by Gasteiger charge is -2.09. The minimum absolute atomic E-state index is 0.389. The summed E-state index contributed by atoms with van der Waals surface area (Å²) >= 11 is 5.66. The maximum absolute atomic E-state index is 5.70. The van der Waals surface area contributed by atoms with Crippen LogP contribution in [0.1, 0.15) is 16.8 Å². The third kappa shape index (κ3) is 3.17. The maximum atomic E-state index is 5.70. The van der Waals surface area contributed by atoms with E-state index in [1.807, 2.05) is 26.0 Å². The number of ether oxygens (including phenoxy) is 1. The Bertz CT molecular complexity index is 511. The summed E-state index contributed by atoms with van der Waals surface area (Å²) in [6, 6.07) is 6.11. The van der Waals surface area contributed by atoms with Crippen molar-refractivity contribution in [2.45, 2.75) is 20.5 Å². The highest BCUT2D eigenvalue weighted by Gasteiger charge is 2.01. The van der Waals surface area contributed by atoms with Gasteiger partial charge in [-0.25, -0.2) is 4.98 Å². The highest BCUT2D eigenvalue weighted by atomic mass is 35.5. The lowest BCUT2D eigenvalue weighted by Crippen LogP contribution is -2.00. The van der Waals surface area contributed by atoms with Crippen molar-refractivity contribution >= 4 is 11.6 Å². The van der Waals surface area contributed by atoms with Crippen LogP contribution in [0.3, 0.4) is 0 Å². The van der Waals surface area contributed by atoms with Crippen LogP contribution in [0.5, 0.6) is 5.75 Å². The Morgan fingerprint density at radius 2 is 2.00 bits per heavy atom. The number of benzene rings is 1. The number of hydrogen-bond acceptors (Lipinski definition) is 3. The van der Waals surface area contributed by atoms with Crippen molar-refractivity contribution in [2.24, 2.45) is 0 Å². The first-order valence-electron chi connectivity index (χ1n) is 5.31. The molecule has 0 amide bonds. The number of hydrogen-bond donors (Lipinski definition) is 0. The number of rotatable bonds is 3. The fourth-order valence-electron chi connectivity index (χ4n) is 1.43. The second-order valence-corrected chi connectivity index (χ2v) is 4.28. The van der Waals surface area contributed by atoms with Crippen LogP contribution in [-0.4, -0.2) is 9.97 Å². The monoisotopic (exact) mass is 248 g/mol. The first kappa shape index (κ1) is 11.9. The molecule has 0 aliphatic carbocycles. The first-order valence-corrected chi connectivity index (χ1v) is 5.69. The quantitative estimate of drug-likeness (QED) is 0.836. The summed E-state index contributed by atoms with van der Waals surface area (Å²) < 4.78 is 5.70. The third-order valence-electron chi connectivity index (χ3n) is 2.39. The molecular formula is C13H13ClN2O. The van der Waals surface area contributed by atoms with Crippen molar-refractivity contribution in [1.82, 2.24) is 9.97 Å². The summed E-state index contributed by atoms with van der Waals surface area (Å²) in [5, 5.41) is 0.389. The Labute approximate surface area is 105 Å². The molecular weight excluding hydrogens is 236 g/mol. The van der Waals surface area contributed by atoms with Gasteiger partial charge in [-0.2, -0.15) is 0 Å². The molecule has 0 fully saturated rings. The summed E-state index contributed by atoms with van der Waals surface area (Å²) in [7, 11) is 0. The molecule has 4 heteroatoms. The molecule has 0 unspecified atom stereocenters. The van der Waals surface area contributed by atoms with Crippen molar-refractivity contribution in [3.8, 4) is 5.75 Å². The van der Waals surface area contributed by atoms with E-state index in [1.54, 1.807) is 6.20 Å². The van der Waals surface area contributed by atoms with E-state index < -0.39 is 0 Å². The zero-order chi connectivity index (χ0) is 12.3. The minimum Gasteiger partial charge on any atom is -0.487 e. The normalized spacial score (nSPS) is 10.3. The van der Waals surface area contributed by atoms with Crippen LogP contribution in [0.2, 0.25) is 5.15 Å². The summed E-state index contributed by atoms with van der Waals surface area (Å²) in [5.41, 5.74) is 3.04. The number of halogens is 1. The Morgan fingerprint density at radius 3 is 2.71 bits per heavy atom. The molecule has 0 aliphatic rings. The zero-order valence-electron chi connectivity index (χ0n) is 9.77. The molecule has 0 atom stereocenters. The molecule has 2 aromatic rings. The summed E-state index contributed by atoms with van der Waals surface area (Å²) in [4.78, 5) is 8.08. The SMILES string of the molecule is Cc1ccc(C)c(OCc2cnc(Cl)cn2)c1. The van der Waals surface area contributed by atoms with Gasteiger partial charge in [0.15, 0.2) is 0 Å². The average molecular weight is 249 g/mol. The lowest BCUT2D eigenvalue weighted by molar-refractivity contribution is 0.298. The molecule has 3 nitrogen and oxygen atoms in total. The second kappa shape index (κ2) is 5.15. The van der Waals surface area contributed by atoms with Gasteiger partial charge in [0.05, 0.1) is 18.1 Å². The molecule has 0 N–H and O–H groups in total. The minimum atomic E-state index is 0.389. The molecule has 0 saturated heterocycles. The molecule has 0 aliphatic heterocycles. The summed E-state index contributed by atoms with van der Waals surface area (Å²) in [6.07, 6.45) is 3.14. The molecule has 0 radical (unpaired) electrons. The van der Waals surface area contributed by atoms with Gasteiger partial charge in [0.2, 0.25) is 0 Å². The molecule has 1 heterocycles. The first-order chi connectivity index (χ1) is 8.15. The molecule has 88 valence electrons. The predicted octanol–water partition coefficient (Wildman–Crippen LogP) is 3.33. The predicted molar refractivity (Wildman–Crippen MR) is 67.3 cm³/mol. The summed E-state index contributed by atoms with van der Waals surface area (Å²) in [5.74, 6) is 0.877. The van der Waals surface area contributed by atoms with Crippen LogP contribution >= 0.6 is 11.6 Å². The Kier molecular flexibility index (Phi) is 3.59. The van der Waals surface area contributed by atoms with Gasteiger partial charge in [-0.15, -0.1) is 0 Å². The topological polar surface area (TPSA) is 35.0 Å². The van der Waals surface area contributed by atoms with Gasteiger partial charge in [-0.1, -0.05) is 23.7 Å². The van der Waals surface area contributed by atoms with Crippen LogP contribution in [0.25, 0.3) is 0 Å². The summed E-state index contributed by atoms with van der Waals surface area (Å²) in [6.45, 7) is 4.45. The number of aryl methyl sites for hydroxylation is 2. The van der Waals surface area contributed by atoms with Gasteiger partial charge in [-0.05, 0) is 31.0 Å². The van der Waals surface area contributed by atoms with Crippen LogP contribution in [0, 0.1) is 13.8 Å². The molecule has 0 saturated carbocycles. The fourth-order valence-corrected chi connectivity index (χ4v) is 1.53. The van der Waals surface area contributed by atoms with Crippen LogP contribution < -0.4 is 4.74 Å².